The van der Waals surface area contributed by atoms with Gasteiger partial charge in [-0.1, -0.05) is 22.0 Å². The molecule has 0 atom stereocenters. The number of hydrogen-bond acceptors (Lipinski definition) is 1. The molecular formula is C10H11BrFN. The molecule has 0 spiro atoms. The van der Waals surface area contributed by atoms with Gasteiger partial charge in [-0.3, -0.25) is 0 Å². The highest BCUT2D eigenvalue weighted by molar-refractivity contribution is 9.10. The van der Waals surface area contributed by atoms with Crippen LogP contribution in [-0.4, -0.2) is 0 Å². The van der Waals surface area contributed by atoms with Crippen LogP contribution in [0.5, 0.6) is 0 Å². The Hall–Kier alpha value is -0.410. The van der Waals surface area contributed by atoms with Crippen LogP contribution in [0.1, 0.15) is 24.0 Å². The summed E-state index contributed by atoms with van der Waals surface area (Å²) in [5.74, 6) is -0.158. The molecule has 1 aliphatic rings. The van der Waals surface area contributed by atoms with E-state index in [4.69, 9.17) is 5.73 Å². The van der Waals surface area contributed by atoms with Gasteiger partial charge in [0.2, 0.25) is 0 Å². The van der Waals surface area contributed by atoms with Gasteiger partial charge in [0.15, 0.2) is 0 Å². The molecule has 70 valence electrons. The number of benzene rings is 1. The fraction of sp³-hybridized carbons (Fsp3) is 0.400. The predicted molar refractivity (Wildman–Crippen MR) is 53.9 cm³/mol. The SMILES string of the molecule is Cc1ccc(Br)c(C2(N)CC2)c1F. The molecule has 1 aromatic carbocycles. The van der Waals surface area contributed by atoms with Crippen LogP contribution in [0.3, 0.4) is 0 Å². The van der Waals surface area contributed by atoms with Crippen molar-refractivity contribution in [2.45, 2.75) is 25.3 Å². The lowest BCUT2D eigenvalue weighted by molar-refractivity contribution is 0.568. The molecule has 1 fully saturated rings. The van der Waals surface area contributed by atoms with Gasteiger partial charge < -0.3 is 5.73 Å². The highest BCUT2D eigenvalue weighted by Crippen LogP contribution is 2.47. The summed E-state index contributed by atoms with van der Waals surface area (Å²) in [6.07, 6.45) is 1.76. The average Bonchev–Trinajstić information content (AvgIpc) is 2.78. The number of rotatable bonds is 1. The molecule has 0 saturated heterocycles. The minimum absolute atomic E-state index is 0.158. The maximum Gasteiger partial charge on any atom is 0.132 e. The minimum atomic E-state index is -0.408. The summed E-state index contributed by atoms with van der Waals surface area (Å²) in [6, 6.07) is 3.62. The molecule has 1 nitrogen and oxygen atoms in total. The maximum absolute atomic E-state index is 13.7. The summed E-state index contributed by atoms with van der Waals surface area (Å²) in [7, 11) is 0. The molecule has 0 amide bonds. The van der Waals surface area contributed by atoms with Crippen molar-refractivity contribution in [2.24, 2.45) is 5.73 Å². The molecule has 13 heavy (non-hydrogen) atoms. The van der Waals surface area contributed by atoms with Crippen molar-refractivity contribution in [1.82, 2.24) is 0 Å². The lowest BCUT2D eigenvalue weighted by Gasteiger charge is -2.14. The number of halogens is 2. The second-order valence-corrected chi connectivity index (χ2v) is 4.56. The molecule has 0 aromatic heterocycles. The standard InChI is InChI=1S/C10H11BrFN/c1-6-2-3-7(11)8(9(6)12)10(13)4-5-10/h2-3H,4-5,13H2,1H3. The van der Waals surface area contributed by atoms with Crippen LogP contribution in [0.15, 0.2) is 16.6 Å². The Morgan fingerprint density at radius 3 is 2.62 bits per heavy atom. The second-order valence-electron chi connectivity index (χ2n) is 3.71. The molecule has 1 saturated carbocycles. The van der Waals surface area contributed by atoms with Crippen molar-refractivity contribution in [3.8, 4) is 0 Å². The van der Waals surface area contributed by atoms with E-state index in [0.717, 1.165) is 17.3 Å². The van der Waals surface area contributed by atoms with Crippen LogP contribution in [-0.2, 0) is 5.54 Å². The van der Waals surface area contributed by atoms with Crippen LogP contribution in [0.4, 0.5) is 4.39 Å². The van der Waals surface area contributed by atoms with E-state index in [1.54, 1.807) is 13.0 Å². The van der Waals surface area contributed by atoms with Gasteiger partial charge in [-0.15, -0.1) is 0 Å². The molecule has 0 radical (unpaired) electrons. The van der Waals surface area contributed by atoms with Crippen molar-refractivity contribution < 1.29 is 4.39 Å². The van der Waals surface area contributed by atoms with E-state index in [0.29, 0.717) is 11.1 Å². The zero-order valence-corrected chi connectivity index (χ0v) is 8.99. The summed E-state index contributed by atoms with van der Waals surface area (Å²) in [4.78, 5) is 0. The van der Waals surface area contributed by atoms with Crippen molar-refractivity contribution >= 4 is 15.9 Å². The quantitative estimate of drug-likeness (QED) is 0.807. The summed E-state index contributed by atoms with van der Waals surface area (Å²) < 4.78 is 14.5. The van der Waals surface area contributed by atoms with E-state index in [-0.39, 0.29) is 5.82 Å². The Bertz CT molecular complexity index is 358. The topological polar surface area (TPSA) is 26.0 Å². The third kappa shape index (κ3) is 1.40. The Kier molecular flexibility index (Phi) is 1.96. The van der Waals surface area contributed by atoms with Crippen molar-refractivity contribution in [3.05, 3.63) is 33.5 Å². The van der Waals surface area contributed by atoms with Gasteiger partial charge in [0.25, 0.3) is 0 Å². The fourth-order valence-electron chi connectivity index (χ4n) is 1.50. The first-order valence-electron chi connectivity index (χ1n) is 4.28. The van der Waals surface area contributed by atoms with Crippen LogP contribution in [0, 0.1) is 12.7 Å². The van der Waals surface area contributed by atoms with Crippen LogP contribution in [0.2, 0.25) is 0 Å². The molecule has 0 bridgehead atoms. The molecule has 1 aromatic rings. The zero-order chi connectivity index (χ0) is 9.64. The first-order chi connectivity index (χ1) is 6.04. The molecular weight excluding hydrogens is 233 g/mol. The predicted octanol–water partition coefficient (Wildman–Crippen LogP) is 2.84. The van der Waals surface area contributed by atoms with Crippen LogP contribution in [0.25, 0.3) is 0 Å². The Balaban J connectivity index is 2.61. The monoisotopic (exact) mass is 243 g/mol. The average molecular weight is 244 g/mol. The van der Waals surface area contributed by atoms with Gasteiger partial charge in [-0.2, -0.15) is 0 Å². The third-order valence-electron chi connectivity index (χ3n) is 2.57. The molecule has 2 rings (SSSR count). The van der Waals surface area contributed by atoms with E-state index >= 15 is 0 Å². The van der Waals surface area contributed by atoms with Gasteiger partial charge in [-0.25, -0.2) is 4.39 Å². The maximum atomic E-state index is 13.7. The van der Waals surface area contributed by atoms with E-state index in [2.05, 4.69) is 15.9 Å². The molecule has 0 unspecified atom stereocenters. The zero-order valence-electron chi connectivity index (χ0n) is 7.40. The summed E-state index contributed by atoms with van der Waals surface area (Å²) in [6.45, 7) is 1.76. The van der Waals surface area contributed by atoms with E-state index in [1.807, 2.05) is 6.07 Å². The van der Waals surface area contributed by atoms with E-state index in [1.165, 1.54) is 0 Å². The van der Waals surface area contributed by atoms with Gasteiger partial charge in [0, 0.05) is 15.6 Å². The first kappa shape index (κ1) is 9.16. The van der Waals surface area contributed by atoms with Crippen molar-refractivity contribution in [2.75, 3.05) is 0 Å². The summed E-state index contributed by atoms with van der Waals surface area (Å²) in [5.41, 5.74) is 6.87. The van der Waals surface area contributed by atoms with Crippen molar-refractivity contribution in [1.29, 1.82) is 0 Å². The summed E-state index contributed by atoms with van der Waals surface area (Å²) in [5, 5.41) is 0. The fourth-order valence-corrected chi connectivity index (χ4v) is 2.20. The van der Waals surface area contributed by atoms with Gasteiger partial charge in [0.1, 0.15) is 5.82 Å². The van der Waals surface area contributed by atoms with E-state index < -0.39 is 5.54 Å². The largest absolute Gasteiger partial charge is 0.321 e. The summed E-state index contributed by atoms with van der Waals surface area (Å²) >= 11 is 3.34. The molecule has 3 heteroatoms. The molecule has 0 aliphatic heterocycles. The lowest BCUT2D eigenvalue weighted by Crippen LogP contribution is -2.21. The molecule has 1 aliphatic carbocycles. The third-order valence-corrected chi connectivity index (χ3v) is 3.23. The van der Waals surface area contributed by atoms with Gasteiger partial charge in [0.05, 0.1) is 0 Å². The van der Waals surface area contributed by atoms with Crippen LogP contribution < -0.4 is 5.73 Å². The lowest BCUT2D eigenvalue weighted by atomic mass is 10.0. The second kappa shape index (κ2) is 2.79. The highest BCUT2D eigenvalue weighted by atomic mass is 79.9. The molecule has 0 heterocycles. The number of hydrogen-bond donors (Lipinski definition) is 1. The number of nitrogens with two attached hydrogens (primary N) is 1. The van der Waals surface area contributed by atoms with Crippen LogP contribution >= 0.6 is 15.9 Å². The Morgan fingerprint density at radius 2 is 2.08 bits per heavy atom. The first-order valence-corrected chi connectivity index (χ1v) is 5.08. The van der Waals surface area contributed by atoms with E-state index in [9.17, 15) is 4.39 Å². The minimum Gasteiger partial charge on any atom is -0.321 e. The Morgan fingerprint density at radius 1 is 1.46 bits per heavy atom. The highest BCUT2D eigenvalue weighted by Gasteiger charge is 2.43. The van der Waals surface area contributed by atoms with Gasteiger partial charge >= 0.3 is 0 Å². The van der Waals surface area contributed by atoms with Gasteiger partial charge in [-0.05, 0) is 31.4 Å². The smallest absolute Gasteiger partial charge is 0.132 e. The number of aryl methyl sites for hydroxylation is 1. The van der Waals surface area contributed by atoms with Crippen molar-refractivity contribution in [3.63, 3.8) is 0 Å². The molecule has 2 N–H and O–H groups in total. The Labute approximate surface area is 85.3 Å². The normalized spacial score (nSPS) is 18.8.